The van der Waals surface area contributed by atoms with E-state index in [0.717, 1.165) is 19.6 Å². The lowest BCUT2D eigenvalue weighted by molar-refractivity contribution is -0.126. The van der Waals surface area contributed by atoms with Crippen molar-refractivity contribution in [2.24, 2.45) is 0 Å². The molecule has 2 rings (SSSR count). The van der Waals surface area contributed by atoms with Crippen molar-refractivity contribution in [1.29, 1.82) is 0 Å². The fraction of sp³-hybridized carbons (Fsp3) is 0.625. The van der Waals surface area contributed by atoms with E-state index in [-0.39, 0.29) is 0 Å². The molecule has 0 radical (unpaired) electrons. The molecule has 0 N–H and O–H groups in total. The van der Waals surface area contributed by atoms with Crippen LogP contribution in [0.1, 0.15) is 5.56 Å². The molecule has 3 nitrogen and oxygen atoms in total. The maximum absolute atomic E-state index is 13.8. The topological polar surface area (TPSA) is 15.7 Å². The summed E-state index contributed by atoms with van der Waals surface area (Å²) in [4.78, 5) is 3.94. The van der Waals surface area contributed by atoms with E-state index >= 15 is 0 Å². The molecule has 1 aromatic carbocycles. The Kier molecular flexibility index (Phi) is 6.19. The predicted octanol–water partition coefficient (Wildman–Crippen LogP) is 3.81. The smallest absolute Gasteiger partial charge is 0.359 e. The number of alkyl halides is 3. The molecule has 0 bridgehead atoms. The van der Waals surface area contributed by atoms with Gasteiger partial charge in [0.25, 0.3) is 0 Å². The molecule has 1 heterocycles. The normalized spacial score (nSPS) is 19.7. The molecule has 0 spiro atoms. The summed E-state index contributed by atoms with van der Waals surface area (Å²) in [5, 5.41) is -3.37. The van der Waals surface area contributed by atoms with E-state index in [9.17, 15) is 8.78 Å². The molecule has 1 aliphatic rings. The highest BCUT2D eigenvalue weighted by Crippen LogP contribution is 2.31. The summed E-state index contributed by atoms with van der Waals surface area (Å²) in [6.45, 7) is 9.05. The average molecular weight is 363 g/mol. The Morgan fingerprint density at radius 1 is 1.13 bits per heavy atom. The Balaban J connectivity index is 1.93. The number of rotatable bonds is 6. The lowest BCUT2D eigenvalue weighted by atomic mass is 10.2. The SMILES string of the molecule is C[Si](C)(C)OC(N1CCN(Cc2ccccc2)CC1)C(F)(F)Cl. The van der Waals surface area contributed by atoms with E-state index in [1.54, 1.807) is 4.90 Å². The van der Waals surface area contributed by atoms with Crippen LogP contribution in [0.25, 0.3) is 0 Å². The van der Waals surface area contributed by atoms with Gasteiger partial charge in [-0.1, -0.05) is 30.3 Å². The number of hydrogen-bond donors (Lipinski definition) is 0. The second kappa shape index (κ2) is 7.57. The highest BCUT2D eigenvalue weighted by Gasteiger charge is 2.45. The van der Waals surface area contributed by atoms with Gasteiger partial charge in [-0.15, -0.1) is 0 Å². The van der Waals surface area contributed by atoms with Crippen molar-refractivity contribution in [3.63, 3.8) is 0 Å². The fourth-order valence-electron chi connectivity index (χ4n) is 2.68. The second-order valence-corrected chi connectivity index (χ2v) is 11.9. The van der Waals surface area contributed by atoms with Gasteiger partial charge in [-0.2, -0.15) is 8.78 Å². The number of hydrogen-bond acceptors (Lipinski definition) is 3. The van der Waals surface area contributed by atoms with Crippen molar-refractivity contribution in [3.05, 3.63) is 35.9 Å². The van der Waals surface area contributed by atoms with Crippen LogP contribution >= 0.6 is 11.6 Å². The fourth-order valence-corrected chi connectivity index (χ4v) is 3.90. The molecule has 1 fully saturated rings. The minimum Gasteiger partial charge on any atom is -0.396 e. The van der Waals surface area contributed by atoms with Gasteiger partial charge in [0, 0.05) is 32.7 Å². The van der Waals surface area contributed by atoms with Crippen molar-refractivity contribution in [2.75, 3.05) is 26.2 Å². The second-order valence-electron chi connectivity index (χ2n) is 6.92. The third-order valence-electron chi connectivity index (χ3n) is 3.73. The molecule has 0 aromatic heterocycles. The van der Waals surface area contributed by atoms with E-state index in [1.165, 1.54) is 5.56 Å². The van der Waals surface area contributed by atoms with Gasteiger partial charge in [0.05, 0.1) is 0 Å². The van der Waals surface area contributed by atoms with Crippen molar-refractivity contribution < 1.29 is 13.2 Å². The molecule has 23 heavy (non-hydrogen) atoms. The molecular formula is C16H25ClF2N2OSi. The molecule has 1 aromatic rings. The van der Waals surface area contributed by atoms with E-state index in [4.69, 9.17) is 16.0 Å². The quantitative estimate of drug-likeness (QED) is 0.565. The Hall–Kier alpha value is -0.533. The first-order valence-corrected chi connectivity index (χ1v) is 11.7. The molecular weight excluding hydrogens is 338 g/mol. The van der Waals surface area contributed by atoms with Crippen molar-refractivity contribution >= 4 is 19.9 Å². The van der Waals surface area contributed by atoms with Gasteiger partial charge < -0.3 is 4.43 Å². The first kappa shape index (κ1) is 18.8. The predicted molar refractivity (Wildman–Crippen MR) is 92.3 cm³/mol. The van der Waals surface area contributed by atoms with Crippen LogP contribution in [0.15, 0.2) is 30.3 Å². The Labute approximate surface area is 143 Å². The number of benzene rings is 1. The van der Waals surface area contributed by atoms with Gasteiger partial charge in [0.15, 0.2) is 14.5 Å². The van der Waals surface area contributed by atoms with Gasteiger partial charge in [-0.3, -0.25) is 9.80 Å². The Morgan fingerprint density at radius 2 is 1.70 bits per heavy atom. The van der Waals surface area contributed by atoms with Crippen LogP contribution in [0, 0.1) is 0 Å². The molecule has 1 saturated heterocycles. The average Bonchev–Trinajstić information content (AvgIpc) is 2.45. The van der Waals surface area contributed by atoms with Gasteiger partial charge in [-0.25, -0.2) is 0 Å². The van der Waals surface area contributed by atoms with E-state index < -0.39 is 19.9 Å². The van der Waals surface area contributed by atoms with Gasteiger partial charge in [0.2, 0.25) is 0 Å². The summed E-state index contributed by atoms with van der Waals surface area (Å²) in [5.74, 6) is 0. The monoisotopic (exact) mass is 362 g/mol. The third-order valence-corrected chi connectivity index (χ3v) is 4.85. The van der Waals surface area contributed by atoms with E-state index in [2.05, 4.69) is 17.0 Å². The maximum Gasteiger partial charge on any atom is 0.359 e. The third kappa shape index (κ3) is 6.12. The zero-order chi connectivity index (χ0) is 17.1. The van der Waals surface area contributed by atoms with Crippen LogP contribution in [0.2, 0.25) is 19.6 Å². The van der Waals surface area contributed by atoms with Crippen LogP contribution < -0.4 is 0 Å². The molecule has 1 aliphatic heterocycles. The lowest BCUT2D eigenvalue weighted by Crippen LogP contribution is -2.57. The van der Waals surface area contributed by atoms with Crippen molar-refractivity contribution in [1.82, 2.24) is 9.80 Å². The molecule has 0 amide bonds. The van der Waals surface area contributed by atoms with Crippen LogP contribution in [0.3, 0.4) is 0 Å². The zero-order valence-corrected chi connectivity index (χ0v) is 15.7. The summed E-state index contributed by atoms with van der Waals surface area (Å²) < 4.78 is 33.2. The van der Waals surface area contributed by atoms with Crippen LogP contribution in [0.4, 0.5) is 8.78 Å². The van der Waals surface area contributed by atoms with Gasteiger partial charge >= 0.3 is 5.38 Å². The number of piperazine rings is 1. The minimum atomic E-state index is -3.37. The molecule has 0 saturated carbocycles. The molecule has 0 aliphatic carbocycles. The highest BCUT2D eigenvalue weighted by molar-refractivity contribution is 6.69. The molecule has 1 atom stereocenters. The summed E-state index contributed by atoms with van der Waals surface area (Å²) in [6.07, 6.45) is -1.34. The number of halogens is 3. The summed E-state index contributed by atoms with van der Waals surface area (Å²) in [5.41, 5.74) is 1.23. The van der Waals surface area contributed by atoms with Crippen molar-refractivity contribution in [3.8, 4) is 0 Å². The molecule has 1 unspecified atom stereocenters. The first-order valence-electron chi connectivity index (χ1n) is 7.90. The van der Waals surface area contributed by atoms with Crippen LogP contribution in [0.5, 0.6) is 0 Å². The van der Waals surface area contributed by atoms with Gasteiger partial charge in [0.1, 0.15) is 0 Å². The zero-order valence-electron chi connectivity index (χ0n) is 13.9. The summed E-state index contributed by atoms with van der Waals surface area (Å²) in [7, 11) is -2.11. The molecule has 130 valence electrons. The van der Waals surface area contributed by atoms with Crippen LogP contribution in [-0.2, 0) is 11.0 Å². The first-order chi connectivity index (χ1) is 10.6. The molecule has 7 heteroatoms. The number of nitrogens with zero attached hydrogens (tertiary/aromatic N) is 2. The summed E-state index contributed by atoms with van der Waals surface area (Å²) in [6, 6.07) is 10.2. The van der Waals surface area contributed by atoms with Gasteiger partial charge in [-0.05, 0) is 36.8 Å². The van der Waals surface area contributed by atoms with Crippen molar-refractivity contribution in [2.45, 2.75) is 37.8 Å². The Morgan fingerprint density at radius 3 is 2.17 bits per heavy atom. The minimum absolute atomic E-state index is 0.532. The largest absolute Gasteiger partial charge is 0.396 e. The van der Waals surface area contributed by atoms with E-state index in [0.29, 0.717) is 13.1 Å². The van der Waals surface area contributed by atoms with Crippen LogP contribution in [-0.4, -0.2) is 55.9 Å². The maximum atomic E-state index is 13.8. The Bertz CT molecular complexity index is 485. The summed E-state index contributed by atoms with van der Waals surface area (Å²) >= 11 is 5.31. The lowest BCUT2D eigenvalue weighted by Gasteiger charge is -2.42. The standard InChI is InChI=1S/C16H25ClF2N2OSi/c1-23(2,3)22-15(16(17,18)19)21-11-9-20(10-12-21)13-14-7-5-4-6-8-14/h4-8,15H,9-13H2,1-3H3. The highest BCUT2D eigenvalue weighted by atomic mass is 35.5. The van der Waals surface area contributed by atoms with E-state index in [1.807, 2.05) is 37.8 Å².